The molecular weight excluding hydrogens is 211 g/mol. The minimum Gasteiger partial charge on any atom is -0.463 e. The topological polar surface area (TPSA) is 43.4 Å². The third-order valence-electron chi connectivity index (χ3n) is 2.21. The first-order valence-electron chi connectivity index (χ1n) is 4.96. The van der Waals surface area contributed by atoms with Crippen molar-refractivity contribution in [2.24, 2.45) is 0 Å². The SMILES string of the molecule is CCOC(=O)[C@@](F)(C(C)=O)c1ccccc1. The number of ether oxygens (including phenoxy) is 1. The van der Waals surface area contributed by atoms with Crippen LogP contribution < -0.4 is 0 Å². The van der Waals surface area contributed by atoms with Crippen molar-refractivity contribution in [3.8, 4) is 0 Å². The van der Waals surface area contributed by atoms with Crippen molar-refractivity contribution in [1.82, 2.24) is 0 Å². The van der Waals surface area contributed by atoms with Crippen molar-refractivity contribution in [3.05, 3.63) is 35.9 Å². The van der Waals surface area contributed by atoms with E-state index in [1.54, 1.807) is 25.1 Å². The van der Waals surface area contributed by atoms with Crippen LogP contribution in [0.15, 0.2) is 30.3 Å². The second-order valence-corrected chi connectivity index (χ2v) is 3.30. The molecule has 86 valence electrons. The number of Topliss-reactive ketones (excluding diaryl/α,β-unsaturated/α-hetero) is 1. The average Bonchev–Trinajstić information content (AvgIpc) is 2.29. The van der Waals surface area contributed by atoms with Crippen LogP contribution in [0.4, 0.5) is 4.39 Å². The number of hydrogen-bond acceptors (Lipinski definition) is 3. The van der Waals surface area contributed by atoms with E-state index >= 15 is 0 Å². The first-order chi connectivity index (χ1) is 7.53. The van der Waals surface area contributed by atoms with Crippen molar-refractivity contribution in [3.63, 3.8) is 0 Å². The third-order valence-corrected chi connectivity index (χ3v) is 2.21. The molecule has 0 saturated carbocycles. The number of carbonyl (C=O) groups excluding carboxylic acids is 2. The van der Waals surface area contributed by atoms with E-state index in [-0.39, 0.29) is 12.2 Å². The van der Waals surface area contributed by atoms with Crippen LogP contribution in [0.25, 0.3) is 0 Å². The summed E-state index contributed by atoms with van der Waals surface area (Å²) in [6.07, 6.45) is 0. The Kier molecular flexibility index (Phi) is 3.77. The lowest BCUT2D eigenvalue weighted by atomic mass is 9.92. The van der Waals surface area contributed by atoms with Gasteiger partial charge in [0, 0.05) is 5.56 Å². The molecule has 0 spiro atoms. The van der Waals surface area contributed by atoms with Crippen molar-refractivity contribution in [1.29, 1.82) is 0 Å². The first-order valence-corrected chi connectivity index (χ1v) is 4.96. The molecule has 0 aliphatic rings. The Morgan fingerprint density at radius 1 is 1.31 bits per heavy atom. The van der Waals surface area contributed by atoms with Gasteiger partial charge in [-0.3, -0.25) is 4.79 Å². The van der Waals surface area contributed by atoms with Crippen molar-refractivity contribution >= 4 is 11.8 Å². The molecule has 0 heterocycles. The molecule has 0 aromatic heterocycles. The van der Waals surface area contributed by atoms with E-state index in [1.165, 1.54) is 12.1 Å². The van der Waals surface area contributed by atoms with Crippen molar-refractivity contribution in [2.45, 2.75) is 19.5 Å². The van der Waals surface area contributed by atoms with Crippen LogP contribution in [-0.4, -0.2) is 18.4 Å². The summed E-state index contributed by atoms with van der Waals surface area (Å²) < 4.78 is 19.0. The number of carbonyl (C=O) groups is 2. The van der Waals surface area contributed by atoms with E-state index in [0.29, 0.717) is 0 Å². The van der Waals surface area contributed by atoms with Gasteiger partial charge in [-0.15, -0.1) is 0 Å². The van der Waals surface area contributed by atoms with E-state index in [9.17, 15) is 14.0 Å². The second kappa shape index (κ2) is 4.88. The molecule has 0 fully saturated rings. The normalized spacial score (nSPS) is 13.9. The van der Waals surface area contributed by atoms with E-state index in [1.807, 2.05) is 0 Å². The van der Waals surface area contributed by atoms with Crippen LogP contribution in [0.2, 0.25) is 0 Å². The highest BCUT2D eigenvalue weighted by Gasteiger charge is 2.47. The van der Waals surface area contributed by atoms with E-state index < -0.39 is 17.4 Å². The Hall–Kier alpha value is -1.71. The van der Waals surface area contributed by atoms with Gasteiger partial charge >= 0.3 is 5.97 Å². The maximum atomic E-state index is 14.4. The molecule has 3 nitrogen and oxygen atoms in total. The summed E-state index contributed by atoms with van der Waals surface area (Å²) >= 11 is 0. The minimum atomic E-state index is -2.70. The summed E-state index contributed by atoms with van der Waals surface area (Å²) in [5.41, 5.74) is -2.70. The first kappa shape index (κ1) is 12.4. The molecule has 4 heteroatoms. The average molecular weight is 224 g/mol. The molecule has 16 heavy (non-hydrogen) atoms. The van der Waals surface area contributed by atoms with Gasteiger partial charge < -0.3 is 4.74 Å². The molecule has 0 aliphatic carbocycles. The highest BCUT2D eigenvalue weighted by atomic mass is 19.1. The smallest absolute Gasteiger partial charge is 0.356 e. The van der Waals surface area contributed by atoms with Gasteiger partial charge in [0.1, 0.15) is 0 Å². The monoisotopic (exact) mass is 224 g/mol. The van der Waals surface area contributed by atoms with Gasteiger partial charge in [0.15, 0.2) is 5.78 Å². The zero-order chi connectivity index (χ0) is 12.2. The molecular formula is C12H13FO3. The Morgan fingerprint density at radius 3 is 2.31 bits per heavy atom. The molecule has 0 N–H and O–H groups in total. The minimum absolute atomic E-state index is 0.000880. The largest absolute Gasteiger partial charge is 0.463 e. The summed E-state index contributed by atoms with van der Waals surface area (Å²) in [6, 6.07) is 7.57. The molecule has 0 saturated heterocycles. The van der Waals surface area contributed by atoms with Crippen molar-refractivity contribution < 1.29 is 18.7 Å². The lowest BCUT2D eigenvalue weighted by Crippen LogP contribution is -2.39. The highest BCUT2D eigenvalue weighted by molar-refractivity contribution is 6.06. The number of ketones is 1. The Bertz CT molecular complexity index is 389. The van der Waals surface area contributed by atoms with Crippen LogP contribution in [-0.2, 0) is 20.0 Å². The molecule has 0 radical (unpaired) electrons. The fourth-order valence-electron chi connectivity index (χ4n) is 1.36. The lowest BCUT2D eigenvalue weighted by molar-refractivity contribution is -0.162. The standard InChI is InChI=1S/C12H13FO3/c1-3-16-11(15)12(13,9(2)14)10-7-5-4-6-8-10/h4-8H,3H2,1-2H3/t12-/m1/s1. The van der Waals surface area contributed by atoms with Crippen LogP contribution in [0.1, 0.15) is 19.4 Å². The van der Waals surface area contributed by atoms with E-state index in [4.69, 9.17) is 0 Å². The summed E-state index contributed by atoms with van der Waals surface area (Å²) in [7, 11) is 0. The van der Waals surface area contributed by atoms with E-state index in [2.05, 4.69) is 4.74 Å². The molecule has 1 aromatic carbocycles. The molecule has 0 amide bonds. The summed E-state index contributed by atoms with van der Waals surface area (Å²) in [4.78, 5) is 22.8. The molecule has 1 rings (SSSR count). The van der Waals surface area contributed by atoms with E-state index in [0.717, 1.165) is 6.92 Å². The van der Waals surface area contributed by atoms with Crippen molar-refractivity contribution in [2.75, 3.05) is 6.61 Å². The van der Waals surface area contributed by atoms with Gasteiger partial charge in [0.25, 0.3) is 5.67 Å². The fraction of sp³-hybridized carbons (Fsp3) is 0.333. The summed E-state index contributed by atoms with van der Waals surface area (Å²) in [5, 5.41) is 0. The van der Waals surface area contributed by atoms with Crippen LogP contribution >= 0.6 is 0 Å². The number of rotatable bonds is 4. The van der Waals surface area contributed by atoms with Gasteiger partial charge in [0.2, 0.25) is 0 Å². The van der Waals surface area contributed by atoms with Gasteiger partial charge in [-0.25, -0.2) is 9.18 Å². The van der Waals surface area contributed by atoms with Gasteiger partial charge in [-0.05, 0) is 13.8 Å². The molecule has 1 atom stereocenters. The quantitative estimate of drug-likeness (QED) is 0.580. The van der Waals surface area contributed by atoms with Gasteiger partial charge in [-0.2, -0.15) is 0 Å². The highest BCUT2D eigenvalue weighted by Crippen LogP contribution is 2.28. The Morgan fingerprint density at radius 2 is 1.88 bits per heavy atom. The van der Waals surface area contributed by atoms with Crippen LogP contribution in [0.3, 0.4) is 0 Å². The zero-order valence-electron chi connectivity index (χ0n) is 9.20. The van der Waals surface area contributed by atoms with Crippen LogP contribution in [0.5, 0.6) is 0 Å². The molecule has 0 unspecified atom stereocenters. The number of benzene rings is 1. The van der Waals surface area contributed by atoms with Gasteiger partial charge in [-0.1, -0.05) is 30.3 Å². The predicted octanol–water partition coefficient (Wildman–Crippen LogP) is 2.00. The number of alkyl halides is 1. The fourth-order valence-corrected chi connectivity index (χ4v) is 1.36. The summed E-state index contributed by atoms with van der Waals surface area (Å²) in [6.45, 7) is 2.62. The number of hydrogen-bond donors (Lipinski definition) is 0. The Labute approximate surface area is 93.2 Å². The number of esters is 1. The second-order valence-electron chi connectivity index (χ2n) is 3.30. The maximum absolute atomic E-state index is 14.4. The van der Waals surface area contributed by atoms with Gasteiger partial charge in [0.05, 0.1) is 6.61 Å². The zero-order valence-corrected chi connectivity index (χ0v) is 9.20. The summed E-state index contributed by atoms with van der Waals surface area (Å²) in [5.74, 6) is -2.04. The molecule has 0 aliphatic heterocycles. The maximum Gasteiger partial charge on any atom is 0.356 e. The predicted molar refractivity (Wildman–Crippen MR) is 56.5 cm³/mol. The molecule has 0 bridgehead atoms. The molecule has 1 aromatic rings. The third kappa shape index (κ3) is 2.10. The Balaban J connectivity index is 3.17. The number of halogens is 1. The lowest BCUT2D eigenvalue weighted by Gasteiger charge is -2.20. The van der Waals surface area contributed by atoms with Crippen LogP contribution in [0, 0.1) is 0 Å².